The molecule has 1 saturated carbocycles. The summed E-state index contributed by atoms with van der Waals surface area (Å²) in [6.45, 7) is 0. The fraction of sp³-hybridized carbons (Fsp3) is 0.263. The SMILES string of the molecule is N#Cc1ccc(C(=O)Nc2ccc(F)c([C@@]3(C(F)F)N=C(N)O[C@@H]4CC43)c2)nc1. The number of aromatic nitrogens is 1. The number of halogens is 3. The van der Waals surface area contributed by atoms with E-state index in [2.05, 4.69) is 15.3 Å². The third kappa shape index (κ3) is 3.14. The molecule has 1 aliphatic carbocycles. The number of amidine groups is 1. The van der Waals surface area contributed by atoms with Crippen molar-refractivity contribution in [2.45, 2.75) is 24.5 Å². The molecule has 0 radical (unpaired) electrons. The summed E-state index contributed by atoms with van der Waals surface area (Å²) < 4.78 is 48.0. The number of hydrogen-bond donors (Lipinski definition) is 2. The van der Waals surface area contributed by atoms with Gasteiger partial charge in [0, 0.05) is 23.4 Å². The molecule has 29 heavy (non-hydrogen) atoms. The second-order valence-corrected chi connectivity index (χ2v) is 6.77. The smallest absolute Gasteiger partial charge is 0.283 e. The molecule has 0 spiro atoms. The van der Waals surface area contributed by atoms with Gasteiger partial charge in [-0.15, -0.1) is 0 Å². The van der Waals surface area contributed by atoms with Gasteiger partial charge in [-0.05, 0) is 36.8 Å². The minimum Gasteiger partial charge on any atom is -0.462 e. The molecule has 1 aliphatic heterocycles. The number of carbonyl (C=O) groups is 1. The van der Waals surface area contributed by atoms with Crippen molar-refractivity contribution in [2.75, 3.05) is 5.32 Å². The molecule has 1 aromatic carbocycles. The van der Waals surface area contributed by atoms with Crippen molar-refractivity contribution in [3.63, 3.8) is 0 Å². The maximum absolute atomic E-state index is 14.6. The van der Waals surface area contributed by atoms with Gasteiger partial charge in [0.2, 0.25) is 0 Å². The zero-order valence-electron chi connectivity index (χ0n) is 14.8. The van der Waals surface area contributed by atoms with Crippen LogP contribution < -0.4 is 11.1 Å². The van der Waals surface area contributed by atoms with E-state index in [-0.39, 0.29) is 28.9 Å². The normalized spacial score (nSPS) is 24.7. The Bertz CT molecular complexity index is 1050. The lowest BCUT2D eigenvalue weighted by atomic mass is 9.84. The molecule has 2 aliphatic rings. The van der Waals surface area contributed by atoms with Gasteiger partial charge in [0.05, 0.1) is 5.56 Å². The van der Waals surface area contributed by atoms with Gasteiger partial charge in [0.25, 0.3) is 18.4 Å². The number of rotatable bonds is 4. The lowest BCUT2D eigenvalue weighted by Gasteiger charge is -2.33. The van der Waals surface area contributed by atoms with Crippen LogP contribution in [0, 0.1) is 23.1 Å². The monoisotopic (exact) mass is 401 g/mol. The van der Waals surface area contributed by atoms with Gasteiger partial charge in [0.1, 0.15) is 23.7 Å². The lowest BCUT2D eigenvalue weighted by Crippen LogP contribution is -2.43. The highest BCUT2D eigenvalue weighted by atomic mass is 19.3. The Kier molecular flexibility index (Phi) is 4.38. The largest absolute Gasteiger partial charge is 0.462 e. The average Bonchev–Trinajstić information content (AvgIpc) is 3.48. The van der Waals surface area contributed by atoms with Crippen molar-refractivity contribution >= 4 is 17.6 Å². The van der Waals surface area contributed by atoms with Gasteiger partial charge in [-0.1, -0.05) is 0 Å². The van der Waals surface area contributed by atoms with Crippen molar-refractivity contribution in [3.05, 3.63) is 59.2 Å². The Morgan fingerprint density at radius 2 is 2.17 bits per heavy atom. The summed E-state index contributed by atoms with van der Waals surface area (Å²) >= 11 is 0. The summed E-state index contributed by atoms with van der Waals surface area (Å²) in [5.41, 5.74) is 3.38. The number of nitrogens with one attached hydrogen (secondary N) is 1. The van der Waals surface area contributed by atoms with Crippen LogP contribution in [0.3, 0.4) is 0 Å². The molecule has 10 heteroatoms. The van der Waals surface area contributed by atoms with E-state index >= 15 is 0 Å². The number of alkyl halides is 2. The first-order chi connectivity index (χ1) is 13.8. The number of aliphatic imine (C=N–C) groups is 1. The van der Waals surface area contributed by atoms with Crippen LogP contribution in [-0.4, -0.2) is 29.4 Å². The summed E-state index contributed by atoms with van der Waals surface area (Å²) in [6, 6.07) is 7.58. The van der Waals surface area contributed by atoms with Gasteiger partial charge in [-0.3, -0.25) is 4.79 Å². The van der Waals surface area contributed by atoms with E-state index in [1.807, 2.05) is 6.07 Å². The topological polar surface area (TPSA) is 113 Å². The molecule has 1 aromatic heterocycles. The number of nitrogens with zero attached hydrogens (tertiary/aromatic N) is 3. The van der Waals surface area contributed by atoms with Gasteiger partial charge in [-0.25, -0.2) is 23.1 Å². The molecule has 2 heterocycles. The first-order valence-corrected chi connectivity index (χ1v) is 8.63. The Labute approximate surface area is 163 Å². The van der Waals surface area contributed by atoms with E-state index in [1.54, 1.807) is 0 Å². The predicted octanol–water partition coefficient (Wildman–Crippen LogP) is 2.54. The summed E-state index contributed by atoms with van der Waals surface area (Å²) in [4.78, 5) is 20.0. The molecule has 148 valence electrons. The molecule has 0 saturated heterocycles. The van der Waals surface area contributed by atoms with Crippen molar-refractivity contribution in [2.24, 2.45) is 16.6 Å². The first kappa shape index (κ1) is 18.7. The molecule has 4 rings (SSSR count). The number of anilines is 1. The predicted molar refractivity (Wildman–Crippen MR) is 95.6 cm³/mol. The van der Waals surface area contributed by atoms with Gasteiger partial charge in [-0.2, -0.15) is 5.26 Å². The quantitative estimate of drug-likeness (QED) is 0.817. The van der Waals surface area contributed by atoms with Crippen LogP contribution in [0.25, 0.3) is 0 Å². The minimum absolute atomic E-state index is 0.00837. The minimum atomic E-state index is -3.03. The number of pyridine rings is 1. The van der Waals surface area contributed by atoms with E-state index in [4.69, 9.17) is 15.7 Å². The Balaban J connectivity index is 1.68. The van der Waals surface area contributed by atoms with E-state index in [9.17, 15) is 18.0 Å². The maximum atomic E-state index is 14.6. The van der Waals surface area contributed by atoms with Crippen molar-refractivity contribution in [1.29, 1.82) is 5.26 Å². The Morgan fingerprint density at radius 1 is 1.38 bits per heavy atom. The second kappa shape index (κ2) is 6.77. The van der Waals surface area contributed by atoms with E-state index < -0.39 is 41.7 Å². The third-order valence-electron chi connectivity index (χ3n) is 4.98. The van der Waals surface area contributed by atoms with Crippen molar-refractivity contribution < 1.29 is 22.7 Å². The molecule has 1 unspecified atom stereocenters. The molecular weight excluding hydrogens is 387 g/mol. The molecule has 3 atom stereocenters. The molecule has 7 nitrogen and oxygen atoms in total. The number of nitriles is 1. The number of carbonyl (C=O) groups excluding carboxylic acids is 1. The zero-order chi connectivity index (χ0) is 20.8. The van der Waals surface area contributed by atoms with Crippen LogP contribution in [0.2, 0.25) is 0 Å². The highest BCUT2D eigenvalue weighted by Crippen LogP contribution is 2.56. The van der Waals surface area contributed by atoms with Gasteiger partial charge >= 0.3 is 0 Å². The molecule has 1 amide bonds. The zero-order valence-corrected chi connectivity index (χ0v) is 14.8. The number of benzene rings is 1. The van der Waals surface area contributed by atoms with E-state index in [1.165, 1.54) is 24.4 Å². The number of nitrogens with two attached hydrogens (primary N) is 1. The van der Waals surface area contributed by atoms with E-state index in [0.29, 0.717) is 0 Å². The molecule has 1 fully saturated rings. The number of ether oxygens (including phenoxy) is 1. The van der Waals surface area contributed by atoms with Crippen LogP contribution in [0.15, 0.2) is 41.5 Å². The van der Waals surface area contributed by atoms with Crippen LogP contribution in [-0.2, 0) is 10.3 Å². The molecule has 0 bridgehead atoms. The number of fused-ring (bicyclic) bond motifs is 1. The first-order valence-electron chi connectivity index (χ1n) is 8.63. The molecular formula is C19H14F3N5O2. The summed E-state index contributed by atoms with van der Waals surface area (Å²) in [5, 5.41) is 11.3. The van der Waals surface area contributed by atoms with Gasteiger partial charge < -0.3 is 15.8 Å². The van der Waals surface area contributed by atoms with Crippen molar-refractivity contribution in [3.8, 4) is 6.07 Å². The molecule has 3 N–H and O–H groups in total. The molecule has 2 aromatic rings. The summed E-state index contributed by atoms with van der Waals surface area (Å²) in [7, 11) is 0. The van der Waals surface area contributed by atoms with Gasteiger partial charge in [0.15, 0.2) is 5.54 Å². The number of hydrogen-bond acceptors (Lipinski definition) is 6. The second-order valence-electron chi connectivity index (χ2n) is 6.77. The summed E-state index contributed by atoms with van der Waals surface area (Å²) in [6.07, 6.45) is -2.06. The Hall–Kier alpha value is -3.61. The fourth-order valence-corrected chi connectivity index (χ4v) is 3.50. The van der Waals surface area contributed by atoms with Crippen LogP contribution in [0.4, 0.5) is 18.9 Å². The third-order valence-corrected chi connectivity index (χ3v) is 4.98. The number of amides is 1. The van der Waals surface area contributed by atoms with Crippen molar-refractivity contribution in [1.82, 2.24) is 4.98 Å². The highest BCUT2D eigenvalue weighted by molar-refractivity contribution is 6.02. The fourth-order valence-electron chi connectivity index (χ4n) is 3.50. The Morgan fingerprint density at radius 3 is 2.83 bits per heavy atom. The maximum Gasteiger partial charge on any atom is 0.283 e. The highest BCUT2D eigenvalue weighted by Gasteiger charge is 2.64. The standard InChI is InChI=1S/C19H14F3N5O2/c20-13-3-2-10(26-16(28)14-4-1-9(7-23)8-25-14)5-11(13)19(17(21)22)12-6-15(12)29-18(24)27-19/h1-5,8,12,15,17H,6H2,(H2,24,27)(H,26,28)/t12?,15-,19-/m1/s1. The van der Waals surface area contributed by atoms with Crippen LogP contribution >= 0.6 is 0 Å². The summed E-state index contributed by atoms with van der Waals surface area (Å²) in [5.74, 6) is -2.24. The van der Waals surface area contributed by atoms with Crippen LogP contribution in [0.1, 0.15) is 28.0 Å². The lowest BCUT2D eigenvalue weighted by molar-refractivity contribution is 0.0177. The van der Waals surface area contributed by atoms with Crippen LogP contribution in [0.5, 0.6) is 0 Å². The van der Waals surface area contributed by atoms with E-state index in [0.717, 1.165) is 12.1 Å². The average molecular weight is 401 g/mol.